The monoisotopic (exact) mass is 339 g/mol. The molecule has 0 spiro atoms. The van der Waals surface area contributed by atoms with Crippen molar-refractivity contribution in [1.29, 1.82) is 0 Å². The van der Waals surface area contributed by atoms with Crippen LogP contribution in [0, 0.1) is 5.41 Å². The van der Waals surface area contributed by atoms with Gasteiger partial charge in [0.25, 0.3) is 0 Å². The fourth-order valence-corrected chi connectivity index (χ4v) is 2.22. The van der Waals surface area contributed by atoms with E-state index < -0.39 is 5.41 Å². The second kappa shape index (κ2) is 7.83. The summed E-state index contributed by atoms with van der Waals surface area (Å²) in [6, 6.07) is 14.7. The molecular formula is C20H25N3O2. The zero-order valence-corrected chi connectivity index (χ0v) is 14.9. The Morgan fingerprint density at radius 1 is 0.960 bits per heavy atom. The quantitative estimate of drug-likeness (QED) is 0.724. The van der Waals surface area contributed by atoms with Gasteiger partial charge in [0, 0.05) is 28.9 Å². The van der Waals surface area contributed by atoms with Crippen LogP contribution in [0.25, 0.3) is 0 Å². The van der Waals surface area contributed by atoms with Crippen LogP contribution in [0.3, 0.4) is 0 Å². The largest absolute Gasteiger partial charge is 0.399 e. The predicted octanol–water partition coefficient (Wildman–Crippen LogP) is 3.82. The van der Waals surface area contributed by atoms with Gasteiger partial charge in [0.15, 0.2) is 0 Å². The highest BCUT2D eigenvalue weighted by atomic mass is 16.2. The van der Waals surface area contributed by atoms with Crippen LogP contribution >= 0.6 is 0 Å². The molecule has 2 rings (SSSR count). The molecule has 4 N–H and O–H groups in total. The number of anilines is 3. The SMILES string of the molecule is CC(C)(C)C(=O)Nc1cccc(NC(=O)CCc2cccc(N)c2)c1. The lowest BCUT2D eigenvalue weighted by Gasteiger charge is -2.18. The molecule has 0 aliphatic carbocycles. The molecule has 0 aromatic heterocycles. The summed E-state index contributed by atoms with van der Waals surface area (Å²) in [5.74, 6) is -0.153. The van der Waals surface area contributed by atoms with Gasteiger partial charge in [-0.2, -0.15) is 0 Å². The van der Waals surface area contributed by atoms with Crippen LogP contribution in [0.2, 0.25) is 0 Å². The topological polar surface area (TPSA) is 84.2 Å². The first-order valence-corrected chi connectivity index (χ1v) is 8.30. The number of carbonyl (C=O) groups excluding carboxylic acids is 2. The van der Waals surface area contributed by atoms with E-state index in [1.165, 1.54) is 0 Å². The molecule has 0 saturated carbocycles. The Labute approximate surface area is 148 Å². The van der Waals surface area contributed by atoms with Gasteiger partial charge in [0.2, 0.25) is 11.8 Å². The third-order valence-electron chi connectivity index (χ3n) is 3.68. The number of nitrogens with two attached hydrogens (primary N) is 1. The molecule has 2 amide bonds. The highest BCUT2D eigenvalue weighted by molar-refractivity contribution is 5.96. The molecule has 0 heterocycles. The van der Waals surface area contributed by atoms with E-state index in [0.717, 1.165) is 5.56 Å². The smallest absolute Gasteiger partial charge is 0.229 e. The third-order valence-corrected chi connectivity index (χ3v) is 3.68. The van der Waals surface area contributed by atoms with Crippen LogP contribution in [0.1, 0.15) is 32.8 Å². The zero-order chi connectivity index (χ0) is 18.4. The van der Waals surface area contributed by atoms with E-state index in [4.69, 9.17) is 5.73 Å². The lowest BCUT2D eigenvalue weighted by molar-refractivity contribution is -0.123. The van der Waals surface area contributed by atoms with E-state index in [1.807, 2.05) is 45.0 Å². The Morgan fingerprint density at radius 2 is 1.60 bits per heavy atom. The van der Waals surface area contributed by atoms with Crippen LogP contribution in [-0.2, 0) is 16.0 Å². The van der Waals surface area contributed by atoms with E-state index in [1.54, 1.807) is 24.3 Å². The van der Waals surface area contributed by atoms with Gasteiger partial charge in [0.1, 0.15) is 0 Å². The fourth-order valence-electron chi connectivity index (χ4n) is 2.22. The summed E-state index contributed by atoms with van der Waals surface area (Å²) in [5.41, 5.74) is 8.31. The second-order valence-corrected chi connectivity index (χ2v) is 7.08. The van der Waals surface area contributed by atoms with Crippen LogP contribution < -0.4 is 16.4 Å². The Bertz CT molecular complexity index is 764. The molecule has 2 aromatic rings. The van der Waals surface area contributed by atoms with Crippen molar-refractivity contribution >= 4 is 28.9 Å². The summed E-state index contributed by atoms with van der Waals surface area (Å²) >= 11 is 0. The molecule has 0 radical (unpaired) electrons. The van der Waals surface area contributed by atoms with Crippen molar-refractivity contribution in [3.8, 4) is 0 Å². The van der Waals surface area contributed by atoms with E-state index in [9.17, 15) is 9.59 Å². The van der Waals surface area contributed by atoms with Gasteiger partial charge in [-0.05, 0) is 42.3 Å². The molecule has 0 aliphatic rings. The van der Waals surface area contributed by atoms with Crippen LogP contribution in [-0.4, -0.2) is 11.8 Å². The summed E-state index contributed by atoms with van der Waals surface area (Å²) in [4.78, 5) is 24.2. The maximum Gasteiger partial charge on any atom is 0.229 e. The molecular weight excluding hydrogens is 314 g/mol. The molecule has 25 heavy (non-hydrogen) atoms. The van der Waals surface area contributed by atoms with Gasteiger partial charge in [0.05, 0.1) is 0 Å². The van der Waals surface area contributed by atoms with Crippen molar-refractivity contribution in [1.82, 2.24) is 0 Å². The van der Waals surface area contributed by atoms with E-state index >= 15 is 0 Å². The predicted molar refractivity (Wildman–Crippen MR) is 102 cm³/mol. The highest BCUT2D eigenvalue weighted by Crippen LogP contribution is 2.20. The number of rotatable bonds is 5. The van der Waals surface area contributed by atoms with Gasteiger partial charge in [-0.1, -0.05) is 39.0 Å². The van der Waals surface area contributed by atoms with Crippen molar-refractivity contribution < 1.29 is 9.59 Å². The Hall–Kier alpha value is -2.82. The summed E-state index contributed by atoms with van der Waals surface area (Å²) in [5, 5.41) is 5.71. The minimum atomic E-state index is -0.475. The minimum absolute atomic E-state index is 0.0716. The van der Waals surface area contributed by atoms with Crippen molar-refractivity contribution in [2.24, 2.45) is 5.41 Å². The number of carbonyl (C=O) groups is 2. The molecule has 0 aliphatic heterocycles. The number of nitrogens with one attached hydrogen (secondary N) is 2. The molecule has 2 aromatic carbocycles. The van der Waals surface area contributed by atoms with Crippen LogP contribution in [0.5, 0.6) is 0 Å². The van der Waals surface area contributed by atoms with E-state index in [-0.39, 0.29) is 11.8 Å². The third kappa shape index (κ3) is 5.95. The first-order chi connectivity index (χ1) is 11.7. The Morgan fingerprint density at radius 3 is 2.24 bits per heavy atom. The number of nitrogen functional groups attached to an aromatic ring is 1. The molecule has 0 bridgehead atoms. The number of benzene rings is 2. The highest BCUT2D eigenvalue weighted by Gasteiger charge is 2.21. The molecule has 5 heteroatoms. The first kappa shape index (κ1) is 18.5. The fraction of sp³-hybridized carbons (Fsp3) is 0.300. The van der Waals surface area contributed by atoms with Gasteiger partial charge in [-0.15, -0.1) is 0 Å². The number of hydrogen-bond acceptors (Lipinski definition) is 3. The molecule has 0 atom stereocenters. The van der Waals surface area contributed by atoms with Crippen molar-refractivity contribution in [3.63, 3.8) is 0 Å². The van der Waals surface area contributed by atoms with Crippen molar-refractivity contribution in [3.05, 3.63) is 54.1 Å². The second-order valence-electron chi connectivity index (χ2n) is 7.08. The van der Waals surface area contributed by atoms with Crippen molar-refractivity contribution in [2.75, 3.05) is 16.4 Å². The summed E-state index contributed by atoms with van der Waals surface area (Å²) in [6.07, 6.45) is 0.985. The Kier molecular flexibility index (Phi) is 5.80. The van der Waals surface area contributed by atoms with E-state index in [2.05, 4.69) is 10.6 Å². The number of amides is 2. The normalized spacial score (nSPS) is 11.0. The summed E-state index contributed by atoms with van der Waals surface area (Å²) in [6.45, 7) is 5.55. The average Bonchev–Trinajstić information content (AvgIpc) is 2.52. The average molecular weight is 339 g/mol. The van der Waals surface area contributed by atoms with Gasteiger partial charge >= 0.3 is 0 Å². The standard InChI is InChI=1S/C20H25N3O2/c1-20(2,3)19(25)23-17-9-5-8-16(13-17)22-18(24)11-10-14-6-4-7-15(21)12-14/h4-9,12-13H,10-11,21H2,1-3H3,(H,22,24)(H,23,25). The maximum atomic E-state index is 12.1. The molecule has 0 unspecified atom stereocenters. The van der Waals surface area contributed by atoms with Crippen LogP contribution in [0.15, 0.2) is 48.5 Å². The summed E-state index contributed by atoms with van der Waals surface area (Å²) in [7, 11) is 0. The van der Waals surface area contributed by atoms with Gasteiger partial charge in [-0.25, -0.2) is 0 Å². The van der Waals surface area contributed by atoms with E-state index in [0.29, 0.717) is 29.9 Å². The molecule has 5 nitrogen and oxygen atoms in total. The lowest BCUT2D eigenvalue weighted by Crippen LogP contribution is -2.27. The molecule has 0 fully saturated rings. The molecule has 132 valence electrons. The van der Waals surface area contributed by atoms with Gasteiger partial charge < -0.3 is 16.4 Å². The van der Waals surface area contributed by atoms with Crippen LogP contribution in [0.4, 0.5) is 17.1 Å². The lowest BCUT2D eigenvalue weighted by atomic mass is 9.95. The Balaban J connectivity index is 1.92. The zero-order valence-electron chi connectivity index (χ0n) is 14.9. The van der Waals surface area contributed by atoms with Crippen molar-refractivity contribution in [2.45, 2.75) is 33.6 Å². The number of hydrogen-bond donors (Lipinski definition) is 3. The first-order valence-electron chi connectivity index (χ1n) is 8.30. The molecule has 0 saturated heterocycles. The maximum absolute atomic E-state index is 12.1. The minimum Gasteiger partial charge on any atom is -0.399 e. The van der Waals surface area contributed by atoms with Gasteiger partial charge in [-0.3, -0.25) is 9.59 Å². The summed E-state index contributed by atoms with van der Waals surface area (Å²) < 4.78 is 0. The number of aryl methyl sites for hydroxylation is 1.